The zero-order chi connectivity index (χ0) is 19.8. The van der Waals surface area contributed by atoms with Crippen LogP contribution < -0.4 is 0 Å². The van der Waals surface area contributed by atoms with Gasteiger partial charge in [-0.3, -0.25) is 0 Å². The summed E-state index contributed by atoms with van der Waals surface area (Å²) in [6.45, 7) is 2.87. The second kappa shape index (κ2) is 6.57. The van der Waals surface area contributed by atoms with Crippen molar-refractivity contribution in [2.75, 3.05) is 0 Å². The van der Waals surface area contributed by atoms with Gasteiger partial charge in [-0.1, -0.05) is 42.5 Å². The molecule has 0 aromatic heterocycles. The Bertz CT molecular complexity index is 903. The first kappa shape index (κ1) is 18.7. The van der Waals surface area contributed by atoms with Crippen LogP contribution in [0.5, 0.6) is 0 Å². The molecule has 1 saturated heterocycles. The highest BCUT2D eigenvalue weighted by molar-refractivity contribution is 6.18. The minimum absolute atomic E-state index is 0.0439. The lowest BCUT2D eigenvalue weighted by molar-refractivity contribution is -0.222. The van der Waals surface area contributed by atoms with Crippen LogP contribution in [0, 0.1) is 0 Å². The summed E-state index contributed by atoms with van der Waals surface area (Å²) in [5.41, 5.74) is -0.162. The third-order valence-corrected chi connectivity index (χ3v) is 3.88. The van der Waals surface area contributed by atoms with Crippen molar-refractivity contribution in [3.8, 4) is 11.1 Å². The van der Waals surface area contributed by atoms with Crippen LogP contribution >= 0.6 is 0 Å². The van der Waals surface area contributed by atoms with Crippen molar-refractivity contribution in [2.45, 2.75) is 25.8 Å². The zero-order valence-electron chi connectivity index (χ0n) is 14.5. The van der Waals surface area contributed by atoms with Crippen molar-refractivity contribution in [1.82, 2.24) is 0 Å². The molecular weight excluding hydrogens is 361 g/mol. The third kappa shape index (κ3) is 4.02. The summed E-state index contributed by atoms with van der Waals surface area (Å²) < 4.78 is 49.5. The number of cyclic esters (lactones) is 2. The largest absolute Gasteiger partial charge is 0.419 e. The molecule has 0 unspecified atom stereocenters. The number of rotatable bonds is 2. The molecule has 0 radical (unpaired) electrons. The van der Waals surface area contributed by atoms with Crippen LogP contribution in [-0.2, 0) is 25.2 Å². The molecule has 0 atom stereocenters. The predicted molar refractivity (Wildman–Crippen MR) is 91.1 cm³/mol. The Kier molecular flexibility index (Phi) is 4.55. The number of carbonyl (C=O) groups excluding carboxylic acids is 2. The van der Waals surface area contributed by atoms with E-state index in [2.05, 4.69) is 0 Å². The van der Waals surface area contributed by atoms with Gasteiger partial charge in [0.05, 0.1) is 5.56 Å². The smallest absolute Gasteiger partial charge is 0.417 e. The van der Waals surface area contributed by atoms with Crippen LogP contribution in [-0.4, -0.2) is 17.7 Å². The maximum atomic E-state index is 13.2. The molecule has 1 heterocycles. The van der Waals surface area contributed by atoms with Crippen molar-refractivity contribution in [3.63, 3.8) is 0 Å². The number of ether oxygens (including phenoxy) is 2. The molecule has 0 aliphatic carbocycles. The number of hydrogen-bond donors (Lipinski definition) is 0. The number of alkyl halides is 3. The normalized spacial score (nSPS) is 16.6. The highest BCUT2D eigenvalue weighted by atomic mass is 19.4. The van der Waals surface area contributed by atoms with E-state index in [9.17, 15) is 22.8 Å². The van der Waals surface area contributed by atoms with Crippen molar-refractivity contribution < 1.29 is 32.2 Å². The topological polar surface area (TPSA) is 52.6 Å². The Morgan fingerprint density at radius 2 is 1.44 bits per heavy atom. The van der Waals surface area contributed by atoms with E-state index in [1.165, 1.54) is 62.4 Å². The van der Waals surface area contributed by atoms with Gasteiger partial charge in [-0.25, -0.2) is 9.59 Å². The summed E-state index contributed by atoms with van der Waals surface area (Å²) in [7, 11) is 0. The lowest BCUT2D eigenvalue weighted by Crippen LogP contribution is -2.41. The molecular formula is C20H15F3O4. The minimum Gasteiger partial charge on any atom is -0.419 e. The molecule has 3 rings (SSSR count). The summed E-state index contributed by atoms with van der Waals surface area (Å²) in [5.74, 6) is -2.97. The van der Waals surface area contributed by atoms with Crippen LogP contribution in [0.25, 0.3) is 17.2 Å². The predicted octanol–water partition coefficient (Wildman–Crippen LogP) is 4.59. The summed E-state index contributed by atoms with van der Waals surface area (Å²) >= 11 is 0. The molecule has 0 spiro atoms. The zero-order valence-corrected chi connectivity index (χ0v) is 14.5. The molecule has 2 aromatic carbocycles. The molecule has 1 aliphatic rings. The van der Waals surface area contributed by atoms with Crippen molar-refractivity contribution >= 4 is 18.0 Å². The lowest BCUT2D eigenvalue weighted by Gasteiger charge is -2.29. The van der Waals surface area contributed by atoms with Gasteiger partial charge >= 0.3 is 18.1 Å². The number of esters is 2. The third-order valence-electron chi connectivity index (χ3n) is 3.88. The Morgan fingerprint density at radius 3 is 2.00 bits per heavy atom. The SMILES string of the molecule is CC1(C)OC(=O)C(=Cc2ccc(-c3ccccc3C(F)(F)F)cc2)C(=O)O1. The van der Waals surface area contributed by atoms with E-state index >= 15 is 0 Å². The Labute approximate surface area is 153 Å². The van der Waals surface area contributed by atoms with E-state index in [1.54, 1.807) is 0 Å². The molecule has 0 N–H and O–H groups in total. The van der Waals surface area contributed by atoms with E-state index in [0.717, 1.165) is 6.07 Å². The van der Waals surface area contributed by atoms with Gasteiger partial charge < -0.3 is 9.47 Å². The summed E-state index contributed by atoms with van der Waals surface area (Å²) in [6, 6.07) is 11.2. The molecule has 140 valence electrons. The Morgan fingerprint density at radius 1 is 0.889 bits per heavy atom. The quantitative estimate of drug-likeness (QED) is 0.437. The second-order valence-corrected chi connectivity index (χ2v) is 6.40. The lowest BCUT2D eigenvalue weighted by atomic mass is 9.98. The standard InChI is InChI=1S/C20H15F3O4/c1-19(2)26-17(24)15(18(25)27-19)11-12-7-9-13(10-8-12)14-5-3-4-6-16(14)20(21,22)23/h3-11H,1-2H3. The molecule has 2 aromatic rings. The fourth-order valence-electron chi connectivity index (χ4n) is 2.69. The maximum Gasteiger partial charge on any atom is 0.417 e. The van der Waals surface area contributed by atoms with Gasteiger partial charge in [0.25, 0.3) is 5.79 Å². The number of halogens is 3. The van der Waals surface area contributed by atoms with E-state index in [4.69, 9.17) is 9.47 Å². The number of benzene rings is 2. The fourth-order valence-corrected chi connectivity index (χ4v) is 2.69. The molecule has 1 fully saturated rings. The van der Waals surface area contributed by atoms with E-state index in [-0.39, 0.29) is 11.1 Å². The first-order valence-corrected chi connectivity index (χ1v) is 8.02. The van der Waals surface area contributed by atoms with Crippen LogP contribution in [0.2, 0.25) is 0 Å². The van der Waals surface area contributed by atoms with Gasteiger partial charge in [0.2, 0.25) is 0 Å². The van der Waals surface area contributed by atoms with Crippen molar-refractivity contribution in [2.24, 2.45) is 0 Å². The maximum absolute atomic E-state index is 13.2. The molecule has 0 amide bonds. The Hall–Kier alpha value is -3.09. The van der Waals surface area contributed by atoms with Gasteiger partial charge in [-0.15, -0.1) is 0 Å². The number of hydrogen-bond acceptors (Lipinski definition) is 4. The molecule has 1 aliphatic heterocycles. The van der Waals surface area contributed by atoms with E-state index < -0.39 is 29.5 Å². The average Bonchev–Trinajstić information content (AvgIpc) is 2.57. The van der Waals surface area contributed by atoms with E-state index in [0.29, 0.717) is 11.1 Å². The summed E-state index contributed by atoms with van der Waals surface area (Å²) in [4.78, 5) is 23.9. The minimum atomic E-state index is -4.47. The molecule has 4 nitrogen and oxygen atoms in total. The first-order chi connectivity index (χ1) is 12.6. The first-order valence-electron chi connectivity index (χ1n) is 8.02. The molecule has 27 heavy (non-hydrogen) atoms. The summed E-state index contributed by atoms with van der Waals surface area (Å²) in [6.07, 6.45) is -3.20. The van der Waals surface area contributed by atoms with E-state index in [1.807, 2.05) is 0 Å². The highest BCUT2D eigenvalue weighted by Gasteiger charge is 2.38. The Balaban J connectivity index is 1.92. The molecule has 0 bridgehead atoms. The average molecular weight is 376 g/mol. The molecule has 7 heteroatoms. The van der Waals surface area contributed by atoms with Gasteiger partial charge in [0, 0.05) is 13.8 Å². The van der Waals surface area contributed by atoms with Gasteiger partial charge in [0.15, 0.2) is 0 Å². The number of carbonyl (C=O) groups is 2. The summed E-state index contributed by atoms with van der Waals surface area (Å²) in [5, 5.41) is 0. The van der Waals surface area contributed by atoms with Crippen LogP contribution in [0.3, 0.4) is 0 Å². The van der Waals surface area contributed by atoms with Gasteiger partial charge in [-0.2, -0.15) is 13.2 Å². The molecule has 0 saturated carbocycles. The van der Waals surface area contributed by atoms with Crippen molar-refractivity contribution in [3.05, 3.63) is 65.2 Å². The fraction of sp³-hybridized carbons (Fsp3) is 0.200. The highest BCUT2D eigenvalue weighted by Crippen LogP contribution is 2.37. The van der Waals surface area contributed by atoms with Gasteiger partial charge in [-0.05, 0) is 28.8 Å². The van der Waals surface area contributed by atoms with Crippen molar-refractivity contribution in [1.29, 1.82) is 0 Å². The second-order valence-electron chi connectivity index (χ2n) is 6.40. The van der Waals surface area contributed by atoms with Crippen LogP contribution in [0.15, 0.2) is 54.1 Å². The van der Waals surface area contributed by atoms with Crippen LogP contribution in [0.1, 0.15) is 25.0 Å². The van der Waals surface area contributed by atoms with Gasteiger partial charge in [0.1, 0.15) is 5.57 Å². The monoisotopic (exact) mass is 376 g/mol. The van der Waals surface area contributed by atoms with Crippen LogP contribution in [0.4, 0.5) is 13.2 Å².